The Bertz CT molecular complexity index is 639. The molecule has 1 aromatic heterocycles. The number of rotatable bonds is 3. The molecule has 1 aliphatic heterocycles. The highest BCUT2D eigenvalue weighted by atomic mass is 16.2. The van der Waals surface area contributed by atoms with Crippen molar-refractivity contribution in [3.8, 4) is 0 Å². The average Bonchev–Trinajstić information content (AvgIpc) is 2.83. The molecule has 2 aromatic rings. The molecule has 1 aromatic carbocycles. The lowest BCUT2D eigenvalue weighted by Gasteiger charge is -2.34. The molecule has 1 amide bonds. The number of carbonyl (C=O) groups is 1. The second-order valence-electron chi connectivity index (χ2n) is 5.75. The van der Waals surface area contributed by atoms with Gasteiger partial charge in [-0.15, -0.1) is 0 Å². The second-order valence-corrected chi connectivity index (χ2v) is 5.75. The van der Waals surface area contributed by atoms with Crippen molar-refractivity contribution < 1.29 is 4.79 Å². The minimum atomic E-state index is 0.232. The van der Waals surface area contributed by atoms with Gasteiger partial charge in [-0.1, -0.05) is 25.1 Å². The minimum Gasteiger partial charge on any atom is -0.339 e. The standard InChI is InChI=1S/C17H23N3O/c1-3-18-8-10-19(11-9-18)17(21)13-20-14(2)12-15-6-4-5-7-16(15)20/h4-7,12H,3,8-11,13H2,1-2H3. The number of para-hydroxylation sites is 1. The van der Waals surface area contributed by atoms with Gasteiger partial charge in [0.2, 0.25) is 5.91 Å². The third kappa shape index (κ3) is 2.81. The summed E-state index contributed by atoms with van der Waals surface area (Å²) < 4.78 is 2.13. The lowest BCUT2D eigenvalue weighted by molar-refractivity contribution is -0.133. The maximum atomic E-state index is 12.5. The fourth-order valence-electron chi connectivity index (χ4n) is 3.11. The number of hydrogen-bond acceptors (Lipinski definition) is 2. The summed E-state index contributed by atoms with van der Waals surface area (Å²) in [6, 6.07) is 10.4. The Balaban J connectivity index is 1.73. The fraction of sp³-hybridized carbons (Fsp3) is 0.471. The summed E-state index contributed by atoms with van der Waals surface area (Å²) in [6.07, 6.45) is 0. The smallest absolute Gasteiger partial charge is 0.242 e. The van der Waals surface area contributed by atoms with Gasteiger partial charge < -0.3 is 14.4 Å². The van der Waals surface area contributed by atoms with Gasteiger partial charge in [0.1, 0.15) is 6.54 Å². The zero-order chi connectivity index (χ0) is 14.8. The molecule has 4 nitrogen and oxygen atoms in total. The van der Waals surface area contributed by atoms with E-state index in [1.54, 1.807) is 0 Å². The van der Waals surface area contributed by atoms with Crippen molar-refractivity contribution in [2.24, 2.45) is 0 Å². The van der Waals surface area contributed by atoms with E-state index in [4.69, 9.17) is 0 Å². The largest absolute Gasteiger partial charge is 0.339 e. The van der Waals surface area contributed by atoms with Crippen molar-refractivity contribution in [2.75, 3.05) is 32.7 Å². The van der Waals surface area contributed by atoms with Crippen LogP contribution in [0.5, 0.6) is 0 Å². The molecular weight excluding hydrogens is 262 g/mol. The van der Waals surface area contributed by atoms with Gasteiger partial charge in [-0.2, -0.15) is 0 Å². The SMILES string of the molecule is CCN1CCN(C(=O)Cn2c(C)cc3ccccc32)CC1. The molecule has 0 radical (unpaired) electrons. The molecule has 0 spiro atoms. The first-order chi connectivity index (χ1) is 10.2. The van der Waals surface area contributed by atoms with E-state index in [2.05, 4.69) is 41.5 Å². The number of amides is 1. The van der Waals surface area contributed by atoms with Crippen LogP contribution in [0.25, 0.3) is 10.9 Å². The summed E-state index contributed by atoms with van der Waals surface area (Å²) in [5.41, 5.74) is 2.30. The van der Waals surface area contributed by atoms with Crippen LogP contribution in [-0.4, -0.2) is 53.0 Å². The monoisotopic (exact) mass is 285 g/mol. The van der Waals surface area contributed by atoms with Crippen LogP contribution in [-0.2, 0) is 11.3 Å². The molecule has 21 heavy (non-hydrogen) atoms. The highest BCUT2D eigenvalue weighted by Gasteiger charge is 2.21. The van der Waals surface area contributed by atoms with Gasteiger partial charge in [0, 0.05) is 37.4 Å². The van der Waals surface area contributed by atoms with Crippen molar-refractivity contribution >= 4 is 16.8 Å². The van der Waals surface area contributed by atoms with E-state index in [1.165, 1.54) is 5.39 Å². The number of hydrogen-bond donors (Lipinski definition) is 0. The zero-order valence-electron chi connectivity index (χ0n) is 12.9. The van der Waals surface area contributed by atoms with Gasteiger partial charge in [0.25, 0.3) is 0 Å². The minimum absolute atomic E-state index is 0.232. The first-order valence-electron chi connectivity index (χ1n) is 7.74. The predicted molar refractivity (Wildman–Crippen MR) is 85.4 cm³/mol. The van der Waals surface area contributed by atoms with Gasteiger partial charge in [0.15, 0.2) is 0 Å². The second kappa shape index (κ2) is 5.90. The Hall–Kier alpha value is -1.81. The van der Waals surface area contributed by atoms with Crippen LogP contribution in [0.3, 0.4) is 0 Å². The van der Waals surface area contributed by atoms with Gasteiger partial charge >= 0.3 is 0 Å². The van der Waals surface area contributed by atoms with Crippen LogP contribution in [0.4, 0.5) is 0 Å². The molecule has 112 valence electrons. The third-order valence-electron chi connectivity index (χ3n) is 4.48. The van der Waals surface area contributed by atoms with Crippen LogP contribution in [0.15, 0.2) is 30.3 Å². The van der Waals surface area contributed by atoms with E-state index in [0.717, 1.165) is 43.9 Å². The molecule has 1 saturated heterocycles. The Morgan fingerprint density at radius 2 is 1.86 bits per heavy atom. The number of fused-ring (bicyclic) bond motifs is 1. The maximum absolute atomic E-state index is 12.5. The van der Waals surface area contributed by atoms with Crippen molar-refractivity contribution in [1.82, 2.24) is 14.4 Å². The van der Waals surface area contributed by atoms with Crippen molar-refractivity contribution in [3.05, 3.63) is 36.0 Å². The summed E-state index contributed by atoms with van der Waals surface area (Å²) in [6.45, 7) is 9.46. The first kappa shape index (κ1) is 14.1. The van der Waals surface area contributed by atoms with Gasteiger partial charge in [-0.25, -0.2) is 0 Å². The van der Waals surface area contributed by atoms with E-state index >= 15 is 0 Å². The van der Waals surface area contributed by atoms with Gasteiger partial charge in [-0.3, -0.25) is 4.79 Å². The lowest BCUT2D eigenvalue weighted by Crippen LogP contribution is -2.49. The molecule has 3 rings (SSSR count). The normalized spacial score (nSPS) is 16.6. The fourth-order valence-corrected chi connectivity index (χ4v) is 3.11. The molecule has 0 bridgehead atoms. The number of benzene rings is 1. The van der Waals surface area contributed by atoms with Crippen molar-refractivity contribution in [2.45, 2.75) is 20.4 Å². The maximum Gasteiger partial charge on any atom is 0.242 e. The van der Waals surface area contributed by atoms with Crippen LogP contribution in [0.2, 0.25) is 0 Å². The molecule has 1 aliphatic rings. The number of nitrogens with zero attached hydrogens (tertiary/aromatic N) is 3. The Morgan fingerprint density at radius 3 is 2.57 bits per heavy atom. The summed E-state index contributed by atoms with van der Waals surface area (Å²) in [5, 5.41) is 1.21. The Labute approximate surface area is 125 Å². The van der Waals surface area contributed by atoms with Crippen LogP contribution in [0.1, 0.15) is 12.6 Å². The average molecular weight is 285 g/mol. The molecular formula is C17H23N3O. The third-order valence-corrected chi connectivity index (χ3v) is 4.48. The molecule has 1 fully saturated rings. The quantitative estimate of drug-likeness (QED) is 0.864. The summed E-state index contributed by atoms with van der Waals surface area (Å²) in [7, 11) is 0. The summed E-state index contributed by atoms with van der Waals surface area (Å²) in [5.74, 6) is 0.232. The molecule has 4 heteroatoms. The highest BCUT2D eigenvalue weighted by Crippen LogP contribution is 2.19. The number of aryl methyl sites for hydroxylation is 1. The van der Waals surface area contributed by atoms with Gasteiger partial charge in [-0.05, 0) is 31.0 Å². The molecule has 0 N–H and O–H groups in total. The highest BCUT2D eigenvalue weighted by molar-refractivity contribution is 5.84. The topological polar surface area (TPSA) is 28.5 Å². The number of aromatic nitrogens is 1. The Morgan fingerprint density at radius 1 is 1.14 bits per heavy atom. The zero-order valence-corrected chi connectivity index (χ0v) is 12.9. The summed E-state index contributed by atoms with van der Waals surface area (Å²) >= 11 is 0. The van der Waals surface area contributed by atoms with Gasteiger partial charge in [0.05, 0.1) is 0 Å². The van der Waals surface area contributed by atoms with E-state index in [-0.39, 0.29) is 5.91 Å². The number of likely N-dealkylation sites (N-methyl/N-ethyl adjacent to an activating group) is 1. The predicted octanol–water partition coefficient (Wildman–Crippen LogP) is 2.11. The first-order valence-corrected chi connectivity index (χ1v) is 7.74. The molecule has 0 saturated carbocycles. The van der Waals surface area contributed by atoms with Crippen LogP contribution < -0.4 is 0 Å². The lowest BCUT2D eigenvalue weighted by atomic mass is 10.2. The molecule has 0 atom stereocenters. The van der Waals surface area contributed by atoms with E-state index in [9.17, 15) is 4.79 Å². The van der Waals surface area contributed by atoms with Crippen LogP contribution >= 0.6 is 0 Å². The molecule has 0 unspecified atom stereocenters. The van der Waals surface area contributed by atoms with E-state index < -0.39 is 0 Å². The molecule has 0 aliphatic carbocycles. The van der Waals surface area contributed by atoms with E-state index in [0.29, 0.717) is 6.54 Å². The van der Waals surface area contributed by atoms with Crippen molar-refractivity contribution in [3.63, 3.8) is 0 Å². The van der Waals surface area contributed by atoms with Crippen LogP contribution in [0, 0.1) is 6.92 Å². The number of carbonyl (C=O) groups excluding carboxylic acids is 1. The summed E-state index contributed by atoms with van der Waals surface area (Å²) in [4.78, 5) is 16.9. The molecule has 2 heterocycles. The van der Waals surface area contributed by atoms with Crippen molar-refractivity contribution in [1.29, 1.82) is 0 Å². The van der Waals surface area contributed by atoms with E-state index in [1.807, 2.05) is 17.0 Å². The number of piperazine rings is 1. The Kier molecular flexibility index (Phi) is 3.97.